The summed E-state index contributed by atoms with van der Waals surface area (Å²) in [6, 6.07) is 12.4. The van der Waals surface area contributed by atoms with Crippen molar-refractivity contribution in [3.05, 3.63) is 59.2 Å². The molecule has 1 saturated heterocycles. The van der Waals surface area contributed by atoms with Gasteiger partial charge in [0.15, 0.2) is 0 Å². The van der Waals surface area contributed by atoms with Crippen LogP contribution in [0.5, 0.6) is 0 Å². The van der Waals surface area contributed by atoms with Crippen LogP contribution in [0.3, 0.4) is 0 Å². The Kier molecular flexibility index (Phi) is 5.44. The van der Waals surface area contributed by atoms with Crippen LogP contribution in [0.15, 0.2) is 42.5 Å². The van der Waals surface area contributed by atoms with Crippen LogP contribution < -0.4 is 15.5 Å². The Morgan fingerprint density at radius 1 is 1.03 bits per heavy atom. The van der Waals surface area contributed by atoms with Gasteiger partial charge in [-0.15, -0.1) is 0 Å². The summed E-state index contributed by atoms with van der Waals surface area (Å²) in [6.07, 6.45) is -0.0465. The van der Waals surface area contributed by atoms with E-state index >= 15 is 0 Å². The van der Waals surface area contributed by atoms with E-state index in [1.165, 1.54) is 16.8 Å². The minimum atomic E-state index is -0.880. The predicted octanol–water partition coefficient (Wildman–Crippen LogP) is 2.09. The molecule has 2 aromatic carbocycles. The SMILES string of the molecule is Cc1ccc(N2CCN(C(=O)CC3NC(=O)c4ccccc4NC3=O)CC2)c(C)c1. The third kappa shape index (κ3) is 4.01. The lowest BCUT2D eigenvalue weighted by Crippen LogP contribution is -2.51. The molecule has 1 atom stereocenters. The van der Waals surface area contributed by atoms with Crippen LogP contribution in [0.25, 0.3) is 0 Å². The number of para-hydroxylation sites is 1. The lowest BCUT2D eigenvalue weighted by molar-refractivity contribution is -0.134. The lowest BCUT2D eigenvalue weighted by Gasteiger charge is -2.37. The second kappa shape index (κ2) is 8.18. The predicted molar refractivity (Wildman–Crippen MR) is 116 cm³/mol. The summed E-state index contributed by atoms with van der Waals surface area (Å²) in [4.78, 5) is 41.9. The first-order chi connectivity index (χ1) is 14.4. The van der Waals surface area contributed by atoms with Crippen LogP contribution in [0.2, 0.25) is 0 Å². The van der Waals surface area contributed by atoms with Crippen molar-refractivity contribution in [2.45, 2.75) is 26.3 Å². The Morgan fingerprint density at radius 2 is 1.77 bits per heavy atom. The zero-order chi connectivity index (χ0) is 21.3. The summed E-state index contributed by atoms with van der Waals surface area (Å²) in [5.41, 5.74) is 4.53. The molecule has 0 aliphatic carbocycles. The van der Waals surface area contributed by atoms with Crippen LogP contribution in [0.1, 0.15) is 27.9 Å². The third-order valence-electron chi connectivity index (χ3n) is 5.76. The van der Waals surface area contributed by atoms with Gasteiger partial charge in [-0.3, -0.25) is 14.4 Å². The van der Waals surface area contributed by atoms with E-state index in [2.05, 4.69) is 47.6 Å². The maximum atomic E-state index is 12.8. The van der Waals surface area contributed by atoms with Crippen molar-refractivity contribution >= 4 is 29.1 Å². The Hall–Kier alpha value is -3.35. The highest BCUT2D eigenvalue weighted by Crippen LogP contribution is 2.23. The largest absolute Gasteiger partial charge is 0.368 e. The van der Waals surface area contributed by atoms with Crippen molar-refractivity contribution in [1.82, 2.24) is 10.2 Å². The first-order valence-corrected chi connectivity index (χ1v) is 10.2. The number of nitrogens with zero attached hydrogens (tertiary/aromatic N) is 2. The number of fused-ring (bicyclic) bond motifs is 1. The fourth-order valence-corrected chi connectivity index (χ4v) is 4.12. The van der Waals surface area contributed by atoms with Gasteiger partial charge >= 0.3 is 0 Å². The number of amides is 3. The number of nitrogens with one attached hydrogen (secondary N) is 2. The quantitative estimate of drug-likeness (QED) is 0.818. The maximum absolute atomic E-state index is 12.8. The van der Waals surface area contributed by atoms with Gasteiger partial charge < -0.3 is 20.4 Å². The van der Waals surface area contributed by atoms with Gasteiger partial charge in [-0.2, -0.15) is 0 Å². The standard InChI is InChI=1S/C23H26N4O3/c1-15-7-8-20(16(2)13-15)26-9-11-27(12-10-26)21(28)14-19-23(30)24-18-6-4-3-5-17(18)22(29)25-19/h3-8,13,19H,9-12,14H2,1-2H3,(H,24,30)(H,25,29). The zero-order valence-electron chi connectivity index (χ0n) is 17.3. The minimum absolute atomic E-state index is 0.0465. The van der Waals surface area contributed by atoms with E-state index < -0.39 is 6.04 Å². The highest BCUT2D eigenvalue weighted by atomic mass is 16.2. The first kappa shape index (κ1) is 19.9. The maximum Gasteiger partial charge on any atom is 0.254 e. The van der Waals surface area contributed by atoms with Gasteiger partial charge in [0.25, 0.3) is 5.91 Å². The molecule has 2 aliphatic rings. The molecule has 1 unspecified atom stereocenters. The number of benzene rings is 2. The van der Waals surface area contributed by atoms with E-state index in [-0.39, 0.29) is 24.1 Å². The van der Waals surface area contributed by atoms with Gasteiger partial charge in [0, 0.05) is 31.9 Å². The molecule has 2 heterocycles. The van der Waals surface area contributed by atoms with Crippen molar-refractivity contribution in [2.24, 2.45) is 0 Å². The van der Waals surface area contributed by atoms with Gasteiger partial charge in [-0.25, -0.2) is 0 Å². The third-order valence-corrected chi connectivity index (χ3v) is 5.76. The molecule has 7 nitrogen and oxygen atoms in total. The fraction of sp³-hybridized carbons (Fsp3) is 0.348. The molecule has 7 heteroatoms. The first-order valence-electron chi connectivity index (χ1n) is 10.2. The average Bonchev–Trinajstić information content (AvgIpc) is 2.84. The number of aryl methyl sites for hydroxylation is 2. The zero-order valence-corrected chi connectivity index (χ0v) is 17.3. The number of carbonyl (C=O) groups is 3. The van der Waals surface area contributed by atoms with Crippen LogP contribution in [0.4, 0.5) is 11.4 Å². The highest BCUT2D eigenvalue weighted by molar-refractivity contribution is 6.10. The molecule has 2 aromatic rings. The molecular weight excluding hydrogens is 380 g/mol. The van der Waals surface area contributed by atoms with Crippen LogP contribution in [-0.2, 0) is 9.59 Å². The number of rotatable bonds is 3. The summed E-state index contributed by atoms with van der Waals surface area (Å²) in [7, 11) is 0. The van der Waals surface area contributed by atoms with Crippen LogP contribution in [-0.4, -0.2) is 54.8 Å². The van der Waals surface area contributed by atoms with Crippen molar-refractivity contribution in [1.29, 1.82) is 0 Å². The molecule has 0 bridgehead atoms. The molecular formula is C23H26N4O3. The Bertz CT molecular complexity index is 996. The summed E-state index contributed by atoms with van der Waals surface area (Å²) >= 11 is 0. The summed E-state index contributed by atoms with van der Waals surface area (Å²) in [6.45, 7) is 6.84. The summed E-state index contributed by atoms with van der Waals surface area (Å²) in [5.74, 6) is -0.835. The van der Waals surface area contributed by atoms with E-state index in [0.29, 0.717) is 24.3 Å². The monoisotopic (exact) mass is 406 g/mol. The van der Waals surface area contributed by atoms with Gasteiger partial charge in [-0.1, -0.05) is 29.8 Å². The van der Waals surface area contributed by atoms with Crippen molar-refractivity contribution in [3.63, 3.8) is 0 Å². The molecule has 4 rings (SSSR count). The van der Waals surface area contributed by atoms with Crippen molar-refractivity contribution in [2.75, 3.05) is 36.4 Å². The average molecular weight is 406 g/mol. The van der Waals surface area contributed by atoms with Gasteiger partial charge in [-0.05, 0) is 37.6 Å². The van der Waals surface area contributed by atoms with Gasteiger partial charge in [0.2, 0.25) is 11.8 Å². The minimum Gasteiger partial charge on any atom is -0.368 e. The normalized spacial score (nSPS) is 18.9. The molecule has 2 N–H and O–H groups in total. The Balaban J connectivity index is 1.37. The van der Waals surface area contributed by atoms with Crippen molar-refractivity contribution in [3.8, 4) is 0 Å². The molecule has 0 spiro atoms. The van der Waals surface area contributed by atoms with Crippen LogP contribution >= 0.6 is 0 Å². The van der Waals surface area contributed by atoms with E-state index in [9.17, 15) is 14.4 Å². The molecule has 1 fully saturated rings. The topological polar surface area (TPSA) is 81.8 Å². The number of hydrogen-bond donors (Lipinski definition) is 2. The smallest absolute Gasteiger partial charge is 0.254 e. The second-order valence-corrected chi connectivity index (χ2v) is 7.92. The van der Waals surface area contributed by atoms with Crippen LogP contribution in [0, 0.1) is 13.8 Å². The van der Waals surface area contributed by atoms with E-state index in [4.69, 9.17) is 0 Å². The second-order valence-electron chi connectivity index (χ2n) is 7.92. The molecule has 156 valence electrons. The van der Waals surface area contributed by atoms with Gasteiger partial charge in [0.1, 0.15) is 6.04 Å². The number of carbonyl (C=O) groups excluding carboxylic acids is 3. The highest BCUT2D eigenvalue weighted by Gasteiger charge is 2.31. The fourth-order valence-electron chi connectivity index (χ4n) is 4.12. The molecule has 3 amide bonds. The van der Waals surface area contributed by atoms with E-state index in [1.807, 2.05) is 0 Å². The van der Waals surface area contributed by atoms with Crippen molar-refractivity contribution < 1.29 is 14.4 Å². The molecule has 2 aliphatic heterocycles. The number of piperazine rings is 1. The Morgan fingerprint density at radius 3 is 2.50 bits per heavy atom. The summed E-state index contributed by atoms with van der Waals surface area (Å²) in [5, 5.41) is 5.44. The van der Waals surface area contributed by atoms with Gasteiger partial charge in [0.05, 0.1) is 17.7 Å². The molecule has 0 aromatic heterocycles. The number of hydrogen-bond acceptors (Lipinski definition) is 4. The Labute approximate surface area is 176 Å². The van der Waals surface area contributed by atoms with E-state index in [0.717, 1.165) is 13.1 Å². The number of anilines is 2. The van der Waals surface area contributed by atoms with E-state index in [1.54, 1.807) is 29.2 Å². The lowest BCUT2D eigenvalue weighted by atomic mass is 10.1. The molecule has 0 saturated carbocycles. The molecule has 30 heavy (non-hydrogen) atoms. The molecule has 0 radical (unpaired) electrons. The summed E-state index contributed by atoms with van der Waals surface area (Å²) < 4.78 is 0.